The Kier molecular flexibility index (Phi) is 12.5. The van der Waals surface area contributed by atoms with E-state index in [1.54, 1.807) is 43.0 Å². The molecule has 10 heteroatoms. The molecule has 0 saturated carbocycles. The fraction of sp³-hybridized carbons (Fsp3) is 0.565. The van der Waals surface area contributed by atoms with Gasteiger partial charge in [0.25, 0.3) is 0 Å². The van der Waals surface area contributed by atoms with E-state index in [0.717, 1.165) is 0 Å². The Hall–Kier alpha value is -2.59. The van der Waals surface area contributed by atoms with E-state index in [1.165, 1.54) is 14.2 Å². The number of ketones is 1. The Labute approximate surface area is 199 Å². The lowest BCUT2D eigenvalue weighted by molar-refractivity contribution is -0.146. The van der Waals surface area contributed by atoms with Crippen molar-refractivity contribution in [2.75, 3.05) is 26.2 Å². The van der Waals surface area contributed by atoms with Crippen molar-refractivity contribution in [2.24, 2.45) is 11.7 Å². The summed E-state index contributed by atoms with van der Waals surface area (Å²) in [6, 6.07) is 3.63. The Morgan fingerprint density at radius 3 is 2.33 bits per heavy atom. The quantitative estimate of drug-likeness (QED) is 0.269. The number of carbonyl (C=O) groups is 4. The summed E-state index contributed by atoms with van der Waals surface area (Å²) in [6.07, 6.45) is 2.59. The summed E-state index contributed by atoms with van der Waals surface area (Å²) >= 11 is 1.55. The van der Waals surface area contributed by atoms with Crippen molar-refractivity contribution in [1.29, 1.82) is 0 Å². The van der Waals surface area contributed by atoms with Crippen molar-refractivity contribution < 1.29 is 28.7 Å². The summed E-state index contributed by atoms with van der Waals surface area (Å²) in [5.74, 6) is -1.40. The standard InChI is InChI=1S/C23H35N3O6S/c1-6-14(2)20(23(30)32-4)26-22(29)17(25-21(28)16(24)11-12-33-5)13-18(27)15-9-7-8-10-19(15)31-3/h7-10,14,16-17,20H,6,11-13,24H2,1-5H3,(H,25,28)(H,26,29)/t14-,16-,17-,20-/m0/s1. The summed E-state index contributed by atoms with van der Waals surface area (Å²) in [7, 11) is 2.68. The molecule has 0 spiro atoms. The number of hydrogen-bond donors (Lipinski definition) is 3. The highest BCUT2D eigenvalue weighted by molar-refractivity contribution is 7.98. The third-order valence-electron chi connectivity index (χ3n) is 5.37. The van der Waals surface area contributed by atoms with Crippen molar-refractivity contribution in [3.8, 4) is 5.75 Å². The van der Waals surface area contributed by atoms with Gasteiger partial charge in [-0.15, -0.1) is 0 Å². The molecule has 33 heavy (non-hydrogen) atoms. The Balaban J connectivity index is 3.14. The van der Waals surface area contributed by atoms with Crippen LogP contribution in [0, 0.1) is 5.92 Å². The third kappa shape index (κ3) is 8.70. The van der Waals surface area contributed by atoms with Gasteiger partial charge in [-0.25, -0.2) is 4.79 Å². The van der Waals surface area contributed by atoms with Crippen LogP contribution in [0.15, 0.2) is 24.3 Å². The van der Waals surface area contributed by atoms with Gasteiger partial charge in [-0.3, -0.25) is 14.4 Å². The zero-order chi connectivity index (χ0) is 25.0. The van der Waals surface area contributed by atoms with Gasteiger partial charge in [0.2, 0.25) is 11.8 Å². The van der Waals surface area contributed by atoms with Crippen LogP contribution in [0.3, 0.4) is 0 Å². The Morgan fingerprint density at radius 1 is 1.09 bits per heavy atom. The summed E-state index contributed by atoms with van der Waals surface area (Å²) in [4.78, 5) is 51.0. The molecule has 0 aliphatic rings. The smallest absolute Gasteiger partial charge is 0.328 e. The van der Waals surface area contributed by atoms with E-state index in [1.807, 2.05) is 13.2 Å². The van der Waals surface area contributed by atoms with Crippen LogP contribution in [0.2, 0.25) is 0 Å². The number of carbonyl (C=O) groups excluding carboxylic acids is 4. The lowest BCUT2D eigenvalue weighted by Crippen LogP contribution is -2.56. The number of para-hydroxylation sites is 1. The first-order chi connectivity index (χ1) is 15.7. The van der Waals surface area contributed by atoms with Crippen LogP contribution in [-0.4, -0.2) is 67.9 Å². The highest BCUT2D eigenvalue weighted by Crippen LogP contribution is 2.20. The molecule has 1 aromatic rings. The molecule has 0 saturated heterocycles. The van der Waals surface area contributed by atoms with Gasteiger partial charge in [-0.2, -0.15) is 11.8 Å². The Morgan fingerprint density at radius 2 is 1.76 bits per heavy atom. The average molecular weight is 482 g/mol. The maximum absolute atomic E-state index is 13.1. The average Bonchev–Trinajstić information content (AvgIpc) is 2.83. The highest BCUT2D eigenvalue weighted by Gasteiger charge is 2.32. The number of amides is 2. The SMILES string of the molecule is CC[C@H](C)[C@H](NC(=O)[C@H](CC(=O)c1ccccc1OC)NC(=O)[C@@H](N)CCSC)C(=O)OC. The van der Waals surface area contributed by atoms with Gasteiger partial charge in [0.15, 0.2) is 5.78 Å². The number of methoxy groups -OCH3 is 2. The van der Waals surface area contributed by atoms with Crippen molar-refractivity contribution in [3.63, 3.8) is 0 Å². The van der Waals surface area contributed by atoms with E-state index in [4.69, 9.17) is 15.2 Å². The molecule has 4 N–H and O–H groups in total. The second-order valence-corrected chi connectivity index (χ2v) is 8.66. The molecular formula is C23H35N3O6S. The fourth-order valence-electron chi connectivity index (χ4n) is 3.08. The van der Waals surface area contributed by atoms with Crippen LogP contribution >= 0.6 is 11.8 Å². The lowest BCUT2D eigenvalue weighted by Gasteiger charge is -2.26. The van der Waals surface area contributed by atoms with Gasteiger partial charge in [0, 0.05) is 6.42 Å². The van der Waals surface area contributed by atoms with Crippen LogP contribution in [0.1, 0.15) is 43.5 Å². The van der Waals surface area contributed by atoms with Crippen LogP contribution in [0.5, 0.6) is 5.75 Å². The molecule has 0 heterocycles. The van der Waals surface area contributed by atoms with Crippen LogP contribution in [0.25, 0.3) is 0 Å². The monoisotopic (exact) mass is 481 g/mol. The van der Waals surface area contributed by atoms with Gasteiger partial charge in [0.05, 0.1) is 25.8 Å². The summed E-state index contributed by atoms with van der Waals surface area (Å²) in [6.45, 7) is 3.68. The Bertz CT molecular complexity index is 819. The molecule has 4 atom stereocenters. The number of ether oxygens (including phenoxy) is 2. The maximum Gasteiger partial charge on any atom is 0.328 e. The van der Waals surface area contributed by atoms with Crippen molar-refractivity contribution >= 4 is 35.3 Å². The maximum atomic E-state index is 13.1. The van der Waals surface area contributed by atoms with Crippen LogP contribution in [0.4, 0.5) is 0 Å². The highest BCUT2D eigenvalue weighted by atomic mass is 32.2. The molecule has 184 valence electrons. The van der Waals surface area contributed by atoms with E-state index in [-0.39, 0.29) is 17.9 Å². The molecular weight excluding hydrogens is 446 g/mol. The molecule has 0 aromatic heterocycles. The minimum absolute atomic E-state index is 0.216. The van der Waals surface area contributed by atoms with E-state index in [2.05, 4.69) is 10.6 Å². The van der Waals surface area contributed by atoms with Crippen molar-refractivity contribution in [1.82, 2.24) is 10.6 Å². The third-order valence-corrected chi connectivity index (χ3v) is 6.01. The molecule has 0 radical (unpaired) electrons. The first-order valence-electron chi connectivity index (χ1n) is 10.8. The topological polar surface area (TPSA) is 137 Å². The number of thioether (sulfide) groups is 1. The number of hydrogen-bond acceptors (Lipinski definition) is 8. The predicted octanol–water partition coefficient (Wildman–Crippen LogP) is 1.54. The number of Topliss-reactive ketones (excluding diaryl/α,β-unsaturated/α-hetero) is 1. The van der Waals surface area contributed by atoms with Gasteiger partial charge in [0.1, 0.15) is 17.8 Å². The number of nitrogens with two attached hydrogens (primary N) is 1. The normalized spacial score (nSPS) is 14.4. The zero-order valence-electron chi connectivity index (χ0n) is 19.9. The predicted molar refractivity (Wildman–Crippen MR) is 128 cm³/mol. The fourth-order valence-corrected chi connectivity index (χ4v) is 3.57. The minimum Gasteiger partial charge on any atom is -0.496 e. The van der Waals surface area contributed by atoms with Gasteiger partial charge in [-0.05, 0) is 36.5 Å². The second-order valence-electron chi connectivity index (χ2n) is 7.67. The zero-order valence-corrected chi connectivity index (χ0v) is 20.7. The molecule has 1 rings (SSSR count). The first-order valence-corrected chi connectivity index (χ1v) is 12.2. The van der Waals surface area contributed by atoms with E-state index >= 15 is 0 Å². The van der Waals surface area contributed by atoms with E-state index in [0.29, 0.717) is 24.3 Å². The van der Waals surface area contributed by atoms with Crippen LogP contribution in [-0.2, 0) is 19.1 Å². The number of benzene rings is 1. The molecule has 1 aromatic carbocycles. The molecule has 0 aliphatic heterocycles. The molecule has 0 unspecified atom stereocenters. The summed E-state index contributed by atoms with van der Waals surface area (Å²) in [5, 5.41) is 5.22. The van der Waals surface area contributed by atoms with Gasteiger partial charge < -0.3 is 25.8 Å². The molecule has 2 amide bonds. The molecule has 9 nitrogen and oxygen atoms in total. The van der Waals surface area contributed by atoms with Crippen molar-refractivity contribution in [2.45, 2.75) is 51.2 Å². The van der Waals surface area contributed by atoms with Gasteiger partial charge >= 0.3 is 5.97 Å². The molecule has 0 aliphatic carbocycles. The lowest BCUT2D eigenvalue weighted by atomic mass is 9.97. The number of rotatable bonds is 14. The molecule has 0 bridgehead atoms. The van der Waals surface area contributed by atoms with Crippen molar-refractivity contribution in [3.05, 3.63) is 29.8 Å². The number of nitrogens with one attached hydrogen (secondary N) is 2. The summed E-state index contributed by atoms with van der Waals surface area (Å²) in [5.41, 5.74) is 6.23. The summed E-state index contributed by atoms with van der Waals surface area (Å²) < 4.78 is 10.0. The van der Waals surface area contributed by atoms with Gasteiger partial charge in [-0.1, -0.05) is 32.4 Å². The van der Waals surface area contributed by atoms with Crippen LogP contribution < -0.4 is 21.1 Å². The first kappa shape index (κ1) is 28.4. The number of esters is 1. The minimum atomic E-state index is -1.23. The second kappa shape index (κ2) is 14.5. The van der Waals surface area contributed by atoms with E-state index < -0.39 is 41.7 Å². The van der Waals surface area contributed by atoms with E-state index in [9.17, 15) is 19.2 Å². The largest absolute Gasteiger partial charge is 0.496 e. The molecule has 0 fully saturated rings.